The van der Waals surface area contributed by atoms with Crippen LogP contribution in [-0.2, 0) is 0 Å². The molecule has 5 heteroatoms. The third-order valence-electron chi connectivity index (χ3n) is 3.95. The third-order valence-corrected chi connectivity index (χ3v) is 4.32. The molecule has 0 amide bonds. The normalized spacial score (nSPS) is 19.7. The number of hydrogen-bond donors (Lipinski definition) is 1. The molecular weight excluding hydrogens is 274 g/mol. The molecular formula is C15H24ClN3O. The zero-order valence-corrected chi connectivity index (χ0v) is 13.3. The average Bonchev–Trinajstić information content (AvgIpc) is 2.42. The van der Waals surface area contributed by atoms with Gasteiger partial charge in [0, 0.05) is 31.2 Å². The second-order valence-corrected chi connectivity index (χ2v) is 6.30. The second kappa shape index (κ2) is 6.72. The molecule has 4 nitrogen and oxygen atoms in total. The number of rotatable bonds is 4. The predicted octanol–water partition coefficient (Wildman–Crippen LogP) is 3.16. The molecule has 0 aliphatic carbocycles. The first-order chi connectivity index (χ1) is 9.52. The zero-order valence-electron chi connectivity index (χ0n) is 12.6. The molecule has 1 atom stereocenters. The van der Waals surface area contributed by atoms with Crippen molar-refractivity contribution in [2.75, 3.05) is 24.6 Å². The largest absolute Gasteiger partial charge is 0.396 e. The van der Waals surface area contributed by atoms with Gasteiger partial charge in [-0.1, -0.05) is 25.4 Å². The minimum absolute atomic E-state index is 0.263. The zero-order chi connectivity index (χ0) is 14.7. The van der Waals surface area contributed by atoms with Gasteiger partial charge in [-0.15, -0.1) is 0 Å². The minimum Gasteiger partial charge on any atom is -0.396 e. The summed E-state index contributed by atoms with van der Waals surface area (Å²) < 4.78 is 0. The summed E-state index contributed by atoms with van der Waals surface area (Å²) in [5, 5.41) is 9.68. The van der Waals surface area contributed by atoms with Crippen molar-refractivity contribution in [3.63, 3.8) is 0 Å². The van der Waals surface area contributed by atoms with Crippen molar-refractivity contribution in [1.82, 2.24) is 9.97 Å². The molecule has 1 aliphatic rings. The lowest BCUT2D eigenvalue weighted by molar-refractivity contribution is 0.244. The van der Waals surface area contributed by atoms with Gasteiger partial charge in [0.05, 0.1) is 0 Å². The van der Waals surface area contributed by atoms with Gasteiger partial charge in [0.2, 0.25) is 0 Å². The Balaban J connectivity index is 2.26. The van der Waals surface area contributed by atoms with Crippen LogP contribution in [0.25, 0.3) is 0 Å². The van der Waals surface area contributed by atoms with Crippen LogP contribution in [-0.4, -0.2) is 34.8 Å². The van der Waals surface area contributed by atoms with E-state index in [0.29, 0.717) is 11.1 Å². The van der Waals surface area contributed by atoms with Gasteiger partial charge >= 0.3 is 0 Å². The van der Waals surface area contributed by atoms with Crippen LogP contribution in [0.1, 0.15) is 50.4 Å². The first-order valence-corrected chi connectivity index (χ1v) is 7.80. The highest BCUT2D eigenvalue weighted by atomic mass is 35.5. The topological polar surface area (TPSA) is 49.2 Å². The number of aromatic nitrogens is 2. The molecule has 2 heterocycles. The van der Waals surface area contributed by atoms with Crippen LogP contribution < -0.4 is 4.90 Å². The van der Waals surface area contributed by atoms with E-state index in [0.717, 1.165) is 43.1 Å². The number of aliphatic hydroxyl groups excluding tert-OH is 1. The van der Waals surface area contributed by atoms with Crippen LogP contribution in [0.3, 0.4) is 0 Å². The molecule has 1 aromatic heterocycles. The summed E-state index contributed by atoms with van der Waals surface area (Å²) in [6, 6.07) is 0. The Morgan fingerprint density at radius 3 is 2.80 bits per heavy atom. The Morgan fingerprint density at radius 2 is 2.15 bits per heavy atom. The van der Waals surface area contributed by atoms with Crippen molar-refractivity contribution in [2.24, 2.45) is 5.92 Å². The molecule has 20 heavy (non-hydrogen) atoms. The SMILES string of the molecule is Cc1c(Cl)nc(C(C)C)nc1N1CCCC(CCO)C1. The molecule has 0 saturated carbocycles. The van der Waals surface area contributed by atoms with E-state index in [1.807, 2.05) is 6.92 Å². The lowest BCUT2D eigenvalue weighted by Crippen LogP contribution is -2.37. The van der Waals surface area contributed by atoms with Crippen LogP contribution in [0.15, 0.2) is 0 Å². The number of hydrogen-bond acceptors (Lipinski definition) is 4. The van der Waals surface area contributed by atoms with Gasteiger partial charge in [-0.25, -0.2) is 9.97 Å². The van der Waals surface area contributed by atoms with E-state index in [2.05, 4.69) is 23.7 Å². The number of nitrogens with zero attached hydrogens (tertiary/aromatic N) is 3. The van der Waals surface area contributed by atoms with Gasteiger partial charge in [0.15, 0.2) is 0 Å². The first-order valence-electron chi connectivity index (χ1n) is 7.42. The Kier molecular flexibility index (Phi) is 5.22. The lowest BCUT2D eigenvalue weighted by atomic mass is 9.95. The molecule has 1 saturated heterocycles. The molecule has 0 bridgehead atoms. The van der Waals surface area contributed by atoms with Crippen molar-refractivity contribution in [2.45, 2.75) is 46.0 Å². The van der Waals surface area contributed by atoms with Gasteiger partial charge in [-0.3, -0.25) is 0 Å². The molecule has 0 aromatic carbocycles. The maximum atomic E-state index is 9.13. The van der Waals surface area contributed by atoms with Crippen LogP contribution in [0.2, 0.25) is 5.15 Å². The third kappa shape index (κ3) is 3.41. The second-order valence-electron chi connectivity index (χ2n) is 5.94. The fourth-order valence-electron chi connectivity index (χ4n) is 2.74. The van der Waals surface area contributed by atoms with Crippen LogP contribution in [0.4, 0.5) is 5.82 Å². The maximum absolute atomic E-state index is 9.13. The Hall–Kier alpha value is -0.870. The summed E-state index contributed by atoms with van der Waals surface area (Å²) in [7, 11) is 0. The molecule has 1 unspecified atom stereocenters. The summed E-state index contributed by atoms with van der Waals surface area (Å²) in [4.78, 5) is 11.4. The smallest absolute Gasteiger partial charge is 0.137 e. The average molecular weight is 298 g/mol. The highest BCUT2D eigenvalue weighted by molar-refractivity contribution is 6.30. The van der Waals surface area contributed by atoms with E-state index < -0.39 is 0 Å². The summed E-state index contributed by atoms with van der Waals surface area (Å²) in [5.74, 6) is 2.59. The number of piperidine rings is 1. The highest BCUT2D eigenvalue weighted by Gasteiger charge is 2.23. The van der Waals surface area contributed by atoms with E-state index in [4.69, 9.17) is 21.7 Å². The van der Waals surface area contributed by atoms with Gasteiger partial charge in [-0.2, -0.15) is 0 Å². The van der Waals surface area contributed by atoms with E-state index in [-0.39, 0.29) is 12.5 Å². The van der Waals surface area contributed by atoms with Gasteiger partial charge in [0.25, 0.3) is 0 Å². The highest BCUT2D eigenvalue weighted by Crippen LogP contribution is 2.30. The van der Waals surface area contributed by atoms with E-state index in [1.165, 1.54) is 6.42 Å². The molecule has 1 N–H and O–H groups in total. The van der Waals surface area contributed by atoms with Gasteiger partial charge < -0.3 is 10.0 Å². The fourth-order valence-corrected chi connectivity index (χ4v) is 2.91. The number of anilines is 1. The summed E-state index contributed by atoms with van der Waals surface area (Å²) >= 11 is 6.26. The van der Waals surface area contributed by atoms with E-state index >= 15 is 0 Å². The Bertz CT molecular complexity index is 463. The molecule has 1 aromatic rings. The lowest BCUT2D eigenvalue weighted by Gasteiger charge is -2.34. The van der Waals surface area contributed by atoms with Crippen LogP contribution >= 0.6 is 11.6 Å². The molecule has 112 valence electrons. The summed E-state index contributed by atoms with van der Waals surface area (Å²) in [6.45, 7) is 8.36. The number of aliphatic hydroxyl groups is 1. The summed E-state index contributed by atoms with van der Waals surface area (Å²) in [6.07, 6.45) is 3.19. The molecule has 2 rings (SSSR count). The summed E-state index contributed by atoms with van der Waals surface area (Å²) in [5.41, 5.74) is 0.959. The quantitative estimate of drug-likeness (QED) is 0.867. The maximum Gasteiger partial charge on any atom is 0.137 e. The van der Waals surface area contributed by atoms with Gasteiger partial charge in [0.1, 0.15) is 16.8 Å². The van der Waals surface area contributed by atoms with Crippen LogP contribution in [0, 0.1) is 12.8 Å². The van der Waals surface area contributed by atoms with Gasteiger partial charge in [-0.05, 0) is 32.1 Å². The molecule has 0 radical (unpaired) electrons. The fraction of sp³-hybridized carbons (Fsp3) is 0.733. The van der Waals surface area contributed by atoms with Crippen molar-refractivity contribution in [3.8, 4) is 0 Å². The Morgan fingerprint density at radius 1 is 1.40 bits per heavy atom. The minimum atomic E-state index is 0.263. The molecule has 1 fully saturated rings. The molecule has 1 aliphatic heterocycles. The number of halogens is 1. The molecule has 0 spiro atoms. The van der Waals surface area contributed by atoms with Crippen molar-refractivity contribution in [1.29, 1.82) is 0 Å². The predicted molar refractivity (Wildman–Crippen MR) is 82.5 cm³/mol. The standard InChI is InChI=1S/C15H24ClN3O/c1-10(2)14-17-13(16)11(3)15(18-14)19-7-4-5-12(9-19)6-8-20/h10,12,20H,4-9H2,1-3H3. The van der Waals surface area contributed by atoms with E-state index in [1.54, 1.807) is 0 Å². The van der Waals surface area contributed by atoms with Crippen LogP contribution in [0.5, 0.6) is 0 Å². The Labute approximate surface area is 126 Å². The van der Waals surface area contributed by atoms with Crippen molar-refractivity contribution in [3.05, 3.63) is 16.5 Å². The van der Waals surface area contributed by atoms with Crippen molar-refractivity contribution >= 4 is 17.4 Å². The monoisotopic (exact) mass is 297 g/mol. The first kappa shape index (κ1) is 15.5. The van der Waals surface area contributed by atoms with E-state index in [9.17, 15) is 0 Å². The van der Waals surface area contributed by atoms with Crippen molar-refractivity contribution < 1.29 is 5.11 Å².